The summed E-state index contributed by atoms with van der Waals surface area (Å²) >= 11 is 1.67. The van der Waals surface area contributed by atoms with Crippen LogP contribution in [-0.2, 0) is 19.1 Å². The zero-order chi connectivity index (χ0) is 24.5. The lowest BCUT2D eigenvalue weighted by Gasteiger charge is -2.36. The molecule has 2 atom stereocenters. The molecule has 5 rings (SSSR count). The van der Waals surface area contributed by atoms with Crippen molar-refractivity contribution in [1.82, 2.24) is 5.32 Å². The fourth-order valence-corrected chi connectivity index (χ4v) is 6.35. The van der Waals surface area contributed by atoms with Crippen LogP contribution in [0.4, 0.5) is 0 Å². The molecular formula is C28H29NO5S. The van der Waals surface area contributed by atoms with E-state index in [0.29, 0.717) is 35.2 Å². The van der Waals surface area contributed by atoms with Crippen LogP contribution in [0.5, 0.6) is 0 Å². The van der Waals surface area contributed by atoms with Gasteiger partial charge in [-0.3, -0.25) is 4.79 Å². The molecule has 0 amide bonds. The highest BCUT2D eigenvalue weighted by molar-refractivity contribution is 7.10. The number of dihydropyridines is 1. The third-order valence-electron chi connectivity index (χ3n) is 7.23. The number of methoxy groups -OCH3 is 1. The van der Waals surface area contributed by atoms with E-state index >= 15 is 0 Å². The summed E-state index contributed by atoms with van der Waals surface area (Å²) in [5, 5.41) is 5.44. The minimum Gasteiger partial charge on any atom is -0.465 e. The summed E-state index contributed by atoms with van der Waals surface area (Å²) in [4.78, 5) is 40.3. The predicted octanol–water partition coefficient (Wildman–Crippen LogP) is 5.38. The Bertz CT molecular complexity index is 1200. The summed E-state index contributed by atoms with van der Waals surface area (Å²) < 4.78 is 10.7. The number of rotatable bonds is 5. The van der Waals surface area contributed by atoms with Crippen molar-refractivity contribution in [1.29, 1.82) is 0 Å². The van der Waals surface area contributed by atoms with Crippen LogP contribution in [0, 0.1) is 0 Å². The van der Waals surface area contributed by atoms with Gasteiger partial charge < -0.3 is 14.8 Å². The first-order valence-corrected chi connectivity index (χ1v) is 13.0. The number of esters is 2. The minimum absolute atomic E-state index is 0.0397. The molecule has 1 aliphatic heterocycles. The molecule has 2 aliphatic carbocycles. The summed E-state index contributed by atoms with van der Waals surface area (Å²) in [5.74, 6) is -1.18. The molecule has 0 bridgehead atoms. The topological polar surface area (TPSA) is 81.7 Å². The van der Waals surface area contributed by atoms with Gasteiger partial charge >= 0.3 is 11.9 Å². The fraction of sp³-hybridized carbons (Fsp3) is 0.393. The van der Waals surface area contributed by atoms with E-state index in [1.54, 1.807) is 23.5 Å². The Hall–Kier alpha value is -3.19. The summed E-state index contributed by atoms with van der Waals surface area (Å²) in [7, 11) is 1.34. The molecule has 2 heterocycles. The summed E-state index contributed by atoms with van der Waals surface area (Å²) in [6.45, 7) is 1.88. The third kappa shape index (κ3) is 4.57. The molecule has 35 heavy (non-hydrogen) atoms. The largest absolute Gasteiger partial charge is 0.465 e. The van der Waals surface area contributed by atoms with Gasteiger partial charge in [-0.1, -0.05) is 18.2 Å². The monoisotopic (exact) mass is 491 g/mol. The number of ketones is 1. The van der Waals surface area contributed by atoms with Crippen molar-refractivity contribution < 1.29 is 23.9 Å². The Morgan fingerprint density at radius 2 is 1.77 bits per heavy atom. The number of hydrogen-bond donors (Lipinski definition) is 1. The molecule has 182 valence electrons. The fourth-order valence-electron chi connectivity index (χ4n) is 5.52. The standard InChI is InChI=1S/C28H29NO5S/c1-16-24(28(32)34-20-6-3-4-7-20)25(17-9-11-18(12-10-17)27(31)33-2)26-21(29-16)14-19(15-22(26)30)23-8-5-13-35-23/h5,8-13,19-20,25,29H,3-4,6-7,14-15H2,1-2H3/t19-,25-/m1/s1. The molecule has 0 spiro atoms. The van der Waals surface area contributed by atoms with Crippen molar-refractivity contribution in [3.8, 4) is 0 Å². The van der Waals surface area contributed by atoms with E-state index in [2.05, 4.69) is 11.4 Å². The summed E-state index contributed by atoms with van der Waals surface area (Å²) in [6, 6.07) is 11.1. The summed E-state index contributed by atoms with van der Waals surface area (Å²) in [6.07, 6.45) is 4.90. The van der Waals surface area contributed by atoms with E-state index in [4.69, 9.17) is 9.47 Å². The molecule has 3 aliphatic rings. The van der Waals surface area contributed by atoms with Crippen molar-refractivity contribution in [2.75, 3.05) is 7.11 Å². The number of carbonyl (C=O) groups excluding carboxylic acids is 3. The SMILES string of the molecule is COC(=O)c1ccc([C@@H]2C(C(=O)OC3CCCC3)=C(C)NC3=C2C(=O)C[C@H](c2cccs2)C3)cc1. The maximum absolute atomic E-state index is 13.6. The Labute approximate surface area is 209 Å². The average molecular weight is 492 g/mol. The molecule has 1 N–H and O–H groups in total. The normalized spacial score (nSPS) is 22.6. The van der Waals surface area contributed by atoms with Gasteiger partial charge in [0, 0.05) is 40.1 Å². The van der Waals surface area contributed by atoms with Crippen LogP contribution in [0.1, 0.15) is 78.1 Å². The van der Waals surface area contributed by atoms with E-state index in [0.717, 1.165) is 36.9 Å². The molecule has 1 saturated carbocycles. The molecule has 0 unspecified atom stereocenters. The van der Waals surface area contributed by atoms with Crippen molar-refractivity contribution in [3.05, 3.63) is 80.3 Å². The lowest BCUT2D eigenvalue weighted by molar-refractivity contribution is -0.144. The number of ether oxygens (including phenoxy) is 2. The van der Waals surface area contributed by atoms with E-state index in [-0.39, 0.29) is 23.8 Å². The van der Waals surface area contributed by atoms with Crippen molar-refractivity contribution in [3.63, 3.8) is 0 Å². The lowest BCUT2D eigenvalue weighted by Crippen LogP contribution is -2.36. The van der Waals surface area contributed by atoms with Crippen LogP contribution >= 0.6 is 11.3 Å². The Morgan fingerprint density at radius 1 is 1.03 bits per heavy atom. The molecule has 1 aromatic carbocycles. The van der Waals surface area contributed by atoms with Crippen LogP contribution < -0.4 is 5.32 Å². The van der Waals surface area contributed by atoms with Gasteiger partial charge in [-0.15, -0.1) is 11.3 Å². The highest BCUT2D eigenvalue weighted by atomic mass is 32.1. The number of benzene rings is 1. The Morgan fingerprint density at radius 3 is 2.43 bits per heavy atom. The van der Waals surface area contributed by atoms with Crippen LogP contribution in [0.25, 0.3) is 0 Å². The van der Waals surface area contributed by atoms with E-state index in [1.165, 1.54) is 12.0 Å². The summed E-state index contributed by atoms with van der Waals surface area (Å²) in [5.41, 5.74) is 3.90. The smallest absolute Gasteiger partial charge is 0.337 e. The second-order valence-electron chi connectivity index (χ2n) is 9.46. The first-order chi connectivity index (χ1) is 17.0. The number of nitrogens with one attached hydrogen (secondary N) is 1. The lowest BCUT2D eigenvalue weighted by atomic mass is 9.72. The number of carbonyl (C=O) groups is 3. The average Bonchev–Trinajstić information content (AvgIpc) is 3.57. The van der Waals surface area contributed by atoms with Crippen LogP contribution in [0.3, 0.4) is 0 Å². The van der Waals surface area contributed by atoms with Crippen LogP contribution in [0.2, 0.25) is 0 Å². The highest BCUT2D eigenvalue weighted by Gasteiger charge is 2.42. The third-order valence-corrected chi connectivity index (χ3v) is 8.27. The number of Topliss-reactive ketones (excluding diaryl/α,β-unsaturated/α-hetero) is 1. The Kier molecular flexibility index (Phi) is 6.60. The predicted molar refractivity (Wildman–Crippen MR) is 133 cm³/mol. The number of thiophene rings is 1. The quantitative estimate of drug-likeness (QED) is 0.566. The van der Waals surface area contributed by atoms with Crippen LogP contribution in [0.15, 0.2) is 64.3 Å². The van der Waals surface area contributed by atoms with Gasteiger partial charge in [-0.2, -0.15) is 0 Å². The minimum atomic E-state index is -0.538. The molecule has 1 fully saturated rings. The Balaban J connectivity index is 1.54. The van der Waals surface area contributed by atoms with Crippen molar-refractivity contribution in [2.24, 2.45) is 0 Å². The van der Waals surface area contributed by atoms with Gasteiger partial charge in [0.1, 0.15) is 6.10 Å². The van der Waals surface area contributed by atoms with Crippen molar-refractivity contribution >= 4 is 29.1 Å². The molecule has 7 heteroatoms. The first-order valence-electron chi connectivity index (χ1n) is 12.1. The molecule has 0 radical (unpaired) electrons. The van der Waals surface area contributed by atoms with Gasteiger partial charge in [-0.05, 0) is 68.2 Å². The first kappa shape index (κ1) is 23.5. The highest BCUT2D eigenvalue weighted by Crippen LogP contribution is 2.46. The molecular weight excluding hydrogens is 462 g/mol. The van der Waals surface area contributed by atoms with E-state index in [1.807, 2.05) is 30.5 Å². The zero-order valence-corrected chi connectivity index (χ0v) is 20.8. The molecule has 0 saturated heterocycles. The van der Waals surface area contributed by atoms with Gasteiger partial charge in [0.2, 0.25) is 0 Å². The number of hydrogen-bond acceptors (Lipinski definition) is 7. The maximum atomic E-state index is 13.6. The van der Waals surface area contributed by atoms with Gasteiger partial charge in [0.15, 0.2) is 5.78 Å². The van der Waals surface area contributed by atoms with Crippen molar-refractivity contribution in [2.45, 2.75) is 63.4 Å². The van der Waals surface area contributed by atoms with Gasteiger partial charge in [-0.25, -0.2) is 9.59 Å². The molecule has 2 aromatic rings. The second kappa shape index (κ2) is 9.82. The molecule has 1 aromatic heterocycles. The zero-order valence-electron chi connectivity index (χ0n) is 20.0. The van der Waals surface area contributed by atoms with Gasteiger partial charge in [0.25, 0.3) is 0 Å². The van der Waals surface area contributed by atoms with Gasteiger partial charge in [0.05, 0.1) is 18.2 Å². The molecule has 6 nitrogen and oxygen atoms in total. The van der Waals surface area contributed by atoms with E-state index < -0.39 is 11.9 Å². The van der Waals surface area contributed by atoms with Crippen LogP contribution in [-0.4, -0.2) is 30.9 Å². The van der Waals surface area contributed by atoms with E-state index in [9.17, 15) is 14.4 Å². The second-order valence-corrected chi connectivity index (χ2v) is 10.4. The maximum Gasteiger partial charge on any atom is 0.337 e. The number of allylic oxidation sites excluding steroid dienone is 3.